The number of carbonyl (C=O) groups excluding carboxylic acids is 1. The Bertz CT molecular complexity index is 667. The van der Waals surface area contributed by atoms with Crippen molar-refractivity contribution in [3.63, 3.8) is 0 Å². The third-order valence-electron chi connectivity index (χ3n) is 2.87. The third-order valence-corrected chi connectivity index (χ3v) is 2.87. The number of hydrogen-bond donors (Lipinski definition) is 1. The third kappa shape index (κ3) is 4.86. The van der Waals surface area contributed by atoms with Crippen molar-refractivity contribution in [2.24, 2.45) is 5.10 Å². The molecule has 0 atom stereocenters. The zero-order valence-corrected chi connectivity index (χ0v) is 12.3. The van der Waals surface area contributed by atoms with Crippen LogP contribution in [0.4, 0.5) is 0 Å². The molecule has 0 aliphatic rings. The highest BCUT2D eigenvalue weighted by atomic mass is 16.5. The van der Waals surface area contributed by atoms with Crippen LogP contribution in [0.1, 0.15) is 5.56 Å². The average molecular weight is 296 g/mol. The van der Waals surface area contributed by atoms with Gasteiger partial charge in [-0.3, -0.25) is 4.79 Å². The minimum absolute atomic E-state index is 0.182. The van der Waals surface area contributed by atoms with Gasteiger partial charge in [0.1, 0.15) is 5.75 Å². The van der Waals surface area contributed by atoms with Crippen molar-refractivity contribution in [2.45, 2.75) is 6.54 Å². The van der Waals surface area contributed by atoms with Crippen LogP contribution in [-0.4, -0.2) is 19.2 Å². The summed E-state index contributed by atoms with van der Waals surface area (Å²) >= 11 is 0. The molecule has 0 bridgehead atoms. The van der Waals surface area contributed by atoms with Gasteiger partial charge in [0.2, 0.25) is 6.54 Å². The van der Waals surface area contributed by atoms with Gasteiger partial charge in [0.05, 0.1) is 7.11 Å². The first kappa shape index (κ1) is 15.4. The molecule has 0 radical (unpaired) electrons. The molecule has 1 aromatic heterocycles. The molecule has 0 spiro atoms. The molecule has 22 heavy (non-hydrogen) atoms. The van der Waals surface area contributed by atoms with Gasteiger partial charge in [-0.15, -0.1) is 0 Å². The lowest BCUT2D eigenvalue weighted by molar-refractivity contribution is -0.684. The lowest BCUT2D eigenvalue weighted by Crippen LogP contribution is -2.40. The van der Waals surface area contributed by atoms with E-state index in [2.05, 4.69) is 10.5 Å². The van der Waals surface area contributed by atoms with E-state index in [0.717, 1.165) is 11.3 Å². The number of amides is 1. The van der Waals surface area contributed by atoms with Crippen LogP contribution in [-0.2, 0) is 11.3 Å². The van der Waals surface area contributed by atoms with Crippen LogP contribution in [0.2, 0.25) is 0 Å². The van der Waals surface area contributed by atoms with Crippen molar-refractivity contribution in [1.29, 1.82) is 0 Å². The summed E-state index contributed by atoms with van der Waals surface area (Å²) in [5.41, 5.74) is 3.42. The van der Waals surface area contributed by atoms with Gasteiger partial charge in [-0.25, -0.2) is 5.43 Å². The highest BCUT2D eigenvalue weighted by Gasteiger charge is 2.06. The number of nitrogens with one attached hydrogen (secondary N) is 1. The van der Waals surface area contributed by atoms with Gasteiger partial charge < -0.3 is 4.74 Å². The first-order valence-corrected chi connectivity index (χ1v) is 6.85. The predicted octanol–water partition coefficient (Wildman–Crippen LogP) is 1.80. The predicted molar refractivity (Wildman–Crippen MR) is 85.3 cm³/mol. The Hall–Kier alpha value is -2.95. The van der Waals surface area contributed by atoms with Gasteiger partial charge in [0.15, 0.2) is 12.4 Å². The molecule has 2 rings (SSSR count). The number of allylic oxidation sites excluding steroid dienone is 1. The van der Waals surface area contributed by atoms with Crippen LogP contribution >= 0.6 is 0 Å². The fourth-order valence-electron chi connectivity index (χ4n) is 1.84. The zero-order valence-electron chi connectivity index (χ0n) is 12.3. The number of hydrazone groups is 1. The van der Waals surface area contributed by atoms with E-state index in [-0.39, 0.29) is 12.5 Å². The molecule has 5 nitrogen and oxygen atoms in total. The number of rotatable bonds is 6. The van der Waals surface area contributed by atoms with E-state index in [0.29, 0.717) is 0 Å². The van der Waals surface area contributed by atoms with E-state index in [1.54, 1.807) is 17.8 Å². The standard InChI is InChI=1S/C17H17N3O2/c1-22-16-10-4-3-8-15(16)9-7-11-18-19-17(21)14-20-12-5-2-6-13-20/h2-13H,14H2,1H3/p+1/b9-7-,18-11-. The van der Waals surface area contributed by atoms with Gasteiger partial charge in [0.25, 0.3) is 0 Å². The molecule has 0 aliphatic carbocycles. The normalized spacial score (nSPS) is 11.0. The van der Waals surface area contributed by atoms with Crippen molar-refractivity contribution < 1.29 is 14.1 Å². The molecule has 1 aromatic carbocycles. The average Bonchev–Trinajstić information content (AvgIpc) is 2.56. The number of methoxy groups -OCH3 is 1. The maximum atomic E-state index is 11.7. The number of benzene rings is 1. The monoisotopic (exact) mass is 296 g/mol. The van der Waals surface area contributed by atoms with Crippen molar-refractivity contribution in [3.8, 4) is 5.75 Å². The maximum Gasteiger partial charge on any atom is 0.305 e. The van der Waals surface area contributed by atoms with Crippen molar-refractivity contribution >= 4 is 18.2 Å². The van der Waals surface area contributed by atoms with E-state index < -0.39 is 0 Å². The molecule has 0 unspecified atom stereocenters. The van der Waals surface area contributed by atoms with Gasteiger partial charge in [-0.05, 0) is 18.2 Å². The Morgan fingerprint density at radius 3 is 2.77 bits per heavy atom. The second-order valence-corrected chi connectivity index (χ2v) is 4.46. The van der Waals surface area contributed by atoms with Gasteiger partial charge in [0, 0.05) is 23.9 Å². The molecular weight excluding hydrogens is 278 g/mol. The second-order valence-electron chi connectivity index (χ2n) is 4.46. The smallest absolute Gasteiger partial charge is 0.305 e. The molecule has 112 valence electrons. The molecule has 0 fully saturated rings. The Balaban J connectivity index is 1.83. The lowest BCUT2D eigenvalue weighted by Gasteiger charge is -2.02. The Kier molecular flexibility index (Phi) is 5.87. The van der Waals surface area contributed by atoms with Crippen LogP contribution in [0, 0.1) is 0 Å². The summed E-state index contributed by atoms with van der Waals surface area (Å²) in [4.78, 5) is 11.7. The summed E-state index contributed by atoms with van der Waals surface area (Å²) in [6.07, 6.45) is 8.78. The number of hydrogen-bond acceptors (Lipinski definition) is 3. The summed E-state index contributed by atoms with van der Waals surface area (Å²) < 4.78 is 7.01. The van der Waals surface area contributed by atoms with Crippen LogP contribution in [0.25, 0.3) is 6.08 Å². The Morgan fingerprint density at radius 1 is 1.23 bits per heavy atom. The van der Waals surface area contributed by atoms with E-state index >= 15 is 0 Å². The maximum absolute atomic E-state index is 11.7. The summed E-state index contributed by atoms with van der Waals surface area (Å²) in [5, 5.41) is 3.87. The van der Waals surface area contributed by atoms with Crippen LogP contribution < -0.4 is 14.7 Å². The Labute approximate surface area is 129 Å². The highest BCUT2D eigenvalue weighted by molar-refractivity contribution is 5.81. The topological polar surface area (TPSA) is 54.6 Å². The number of para-hydroxylation sites is 1. The summed E-state index contributed by atoms with van der Waals surface area (Å²) in [5.74, 6) is 0.606. The molecule has 0 saturated heterocycles. The number of pyridine rings is 1. The Morgan fingerprint density at radius 2 is 2.00 bits per heavy atom. The number of ether oxygens (including phenoxy) is 1. The van der Waals surface area contributed by atoms with Gasteiger partial charge >= 0.3 is 5.91 Å². The SMILES string of the molecule is COc1ccccc1/C=C\C=N/NC(=O)C[n+]1ccccc1. The van der Waals surface area contributed by atoms with Crippen molar-refractivity contribution in [3.05, 3.63) is 66.5 Å². The molecule has 2 aromatic rings. The molecule has 5 heteroatoms. The molecule has 1 N–H and O–H groups in total. The first-order chi connectivity index (χ1) is 10.8. The van der Waals surface area contributed by atoms with Crippen LogP contribution in [0.3, 0.4) is 0 Å². The fourth-order valence-corrected chi connectivity index (χ4v) is 1.84. The van der Waals surface area contributed by atoms with Gasteiger partial charge in [-0.2, -0.15) is 9.67 Å². The lowest BCUT2D eigenvalue weighted by atomic mass is 10.2. The number of aromatic nitrogens is 1. The summed E-state index contributed by atoms with van der Waals surface area (Å²) in [7, 11) is 1.63. The molecule has 0 aliphatic heterocycles. The second kappa shape index (κ2) is 8.36. The first-order valence-electron chi connectivity index (χ1n) is 6.85. The summed E-state index contributed by atoms with van der Waals surface area (Å²) in [6.45, 7) is 0.231. The fraction of sp³-hybridized carbons (Fsp3) is 0.118. The molecule has 0 saturated carbocycles. The van der Waals surface area contributed by atoms with Crippen molar-refractivity contribution in [1.82, 2.24) is 5.43 Å². The minimum Gasteiger partial charge on any atom is -0.496 e. The van der Waals surface area contributed by atoms with Gasteiger partial charge in [-0.1, -0.05) is 24.3 Å². The van der Waals surface area contributed by atoms with Crippen molar-refractivity contribution in [2.75, 3.05) is 7.11 Å². The summed E-state index contributed by atoms with van der Waals surface area (Å²) in [6, 6.07) is 13.3. The largest absolute Gasteiger partial charge is 0.496 e. The quantitative estimate of drug-likeness (QED) is 0.502. The highest BCUT2D eigenvalue weighted by Crippen LogP contribution is 2.18. The minimum atomic E-state index is -0.182. The van der Waals surface area contributed by atoms with Crippen LogP contribution in [0.15, 0.2) is 66.0 Å². The van der Waals surface area contributed by atoms with E-state index in [1.807, 2.05) is 60.9 Å². The number of carbonyl (C=O) groups is 1. The number of nitrogens with zero attached hydrogens (tertiary/aromatic N) is 2. The zero-order chi connectivity index (χ0) is 15.6. The molecule has 1 heterocycles. The van der Waals surface area contributed by atoms with E-state index in [9.17, 15) is 4.79 Å². The molecular formula is C17H18N3O2+. The van der Waals surface area contributed by atoms with E-state index in [1.165, 1.54) is 6.21 Å². The molecule has 1 amide bonds. The van der Waals surface area contributed by atoms with Crippen LogP contribution in [0.5, 0.6) is 5.75 Å². The van der Waals surface area contributed by atoms with E-state index in [4.69, 9.17) is 4.74 Å².